The van der Waals surface area contributed by atoms with Gasteiger partial charge in [-0.2, -0.15) is 0 Å². The molecule has 0 radical (unpaired) electrons. The Bertz CT molecular complexity index is 762. The highest BCUT2D eigenvalue weighted by molar-refractivity contribution is 7.20. The molecule has 0 unspecified atom stereocenters. The zero-order valence-electron chi connectivity index (χ0n) is 11.5. The van der Waals surface area contributed by atoms with Gasteiger partial charge in [0.25, 0.3) is 5.91 Å². The molecule has 2 N–H and O–H groups in total. The minimum atomic E-state index is -0.554. The van der Waals surface area contributed by atoms with E-state index in [-0.39, 0.29) is 12.5 Å². The van der Waals surface area contributed by atoms with Crippen LogP contribution in [0.5, 0.6) is 0 Å². The third-order valence-corrected chi connectivity index (χ3v) is 4.05. The Morgan fingerprint density at radius 1 is 1.43 bits per heavy atom. The van der Waals surface area contributed by atoms with Gasteiger partial charge in [0.05, 0.1) is 16.3 Å². The number of aliphatic hydroxyl groups excluding tert-OH is 1. The van der Waals surface area contributed by atoms with Crippen LogP contribution < -0.4 is 5.32 Å². The van der Waals surface area contributed by atoms with Gasteiger partial charge in [-0.15, -0.1) is 0 Å². The maximum absolute atomic E-state index is 12.0. The summed E-state index contributed by atoms with van der Waals surface area (Å²) in [7, 11) is 0. The van der Waals surface area contributed by atoms with Crippen LogP contribution in [0.15, 0.2) is 42.7 Å². The molecule has 6 heteroatoms. The molecule has 0 saturated carbocycles. The smallest absolute Gasteiger partial charge is 0.251 e. The number of rotatable bonds is 4. The van der Waals surface area contributed by atoms with E-state index in [1.807, 2.05) is 41.2 Å². The van der Waals surface area contributed by atoms with Gasteiger partial charge < -0.3 is 15.0 Å². The summed E-state index contributed by atoms with van der Waals surface area (Å²) in [5, 5.41) is 12.8. The van der Waals surface area contributed by atoms with Crippen LogP contribution in [0.4, 0.5) is 0 Å². The van der Waals surface area contributed by atoms with E-state index < -0.39 is 6.10 Å². The average molecular weight is 301 g/mol. The van der Waals surface area contributed by atoms with Gasteiger partial charge in [-0.3, -0.25) is 4.79 Å². The van der Waals surface area contributed by atoms with Crippen molar-refractivity contribution in [2.75, 3.05) is 6.54 Å². The quantitative estimate of drug-likeness (QED) is 0.776. The number of nitrogens with one attached hydrogen (secondary N) is 1. The number of nitrogens with zero attached hydrogens (tertiary/aromatic N) is 2. The number of hydrogen-bond acceptors (Lipinski definition) is 4. The molecule has 3 aromatic rings. The Labute approximate surface area is 125 Å². The van der Waals surface area contributed by atoms with Crippen LogP contribution in [0.25, 0.3) is 15.3 Å². The van der Waals surface area contributed by atoms with E-state index in [9.17, 15) is 9.90 Å². The van der Waals surface area contributed by atoms with E-state index in [0.29, 0.717) is 5.56 Å². The molecule has 1 amide bonds. The topological polar surface area (TPSA) is 67.2 Å². The molecule has 0 bridgehead atoms. The van der Waals surface area contributed by atoms with E-state index >= 15 is 0 Å². The minimum absolute atomic E-state index is 0.186. The first-order valence-electron chi connectivity index (χ1n) is 6.63. The first-order chi connectivity index (χ1) is 10.1. The second-order valence-corrected chi connectivity index (χ2v) is 5.84. The normalized spacial score (nSPS) is 12.5. The van der Waals surface area contributed by atoms with E-state index in [2.05, 4.69) is 10.3 Å². The van der Waals surface area contributed by atoms with Crippen LogP contribution in [0.1, 0.15) is 17.3 Å². The highest BCUT2D eigenvalue weighted by Gasteiger charge is 2.10. The monoisotopic (exact) mass is 301 g/mol. The summed E-state index contributed by atoms with van der Waals surface area (Å²) in [5.74, 6) is -0.186. The van der Waals surface area contributed by atoms with Crippen molar-refractivity contribution in [3.8, 4) is 5.13 Å². The lowest BCUT2D eigenvalue weighted by molar-refractivity contribution is 0.0924. The van der Waals surface area contributed by atoms with Crippen molar-refractivity contribution in [3.63, 3.8) is 0 Å². The molecule has 108 valence electrons. The number of hydrogen-bond donors (Lipinski definition) is 2. The van der Waals surface area contributed by atoms with Crippen molar-refractivity contribution in [1.82, 2.24) is 14.9 Å². The van der Waals surface area contributed by atoms with Gasteiger partial charge in [-0.05, 0) is 37.3 Å². The molecule has 5 nitrogen and oxygen atoms in total. The van der Waals surface area contributed by atoms with Crippen LogP contribution in [0, 0.1) is 0 Å². The van der Waals surface area contributed by atoms with Crippen molar-refractivity contribution in [2.45, 2.75) is 13.0 Å². The summed E-state index contributed by atoms with van der Waals surface area (Å²) in [6.07, 6.45) is 3.32. The summed E-state index contributed by atoms with van der Waals surface area (Å²) in [6.45, 7) is 1.88. The summed E-state index contributed by atoms with van der Waals surface area (Å²) in [6, 6.07) is 9.31. The Morgan fingerprint density at radius 2 is 2.19 bits per heavy atom. The fraction of sp³-hybridized carbons (Fsp3) is 0.200. The largest absolute Gasteiger partial charge is 0.392 e. The molecule has 1 atom stereocenters. The molecule has 0 spiro atoms. The molecule has 2 heterocycles. The number of thiazole rings is 1. The molecule has 0 aliphatic rings. The van der Waals surface area contributed by atoms with E-state index in [1.165, 1.54) is 11.3 Å². The van der Waals surface area contributed by atoms with Gasteiger partial charge in [0, 0.05) is 24.5 Å². The molecule has 0 aliphatic carbocycles. The fourth-order valence-corrected chi connectivity index (χ4v) is 2.94. The van der Waals surface area contributed by atoms with E-state index in [1.54, 1.807) is 13.0 Å². The average Bonchev–Trinajstić information content (AvgIpc) is 3.11. The molecule has 1 aromatic carbocycles. The SMILES string of the molecule is C[C@@H](O)CNC(=O)c1ccc2nc(-n3cccc3)sc2c1. The summed E-state index contributed by atoms with van der Waals surface area (Å²) < 4.78 is 2.90. The molecule has 2 aromatic heterocycles. The number of carbonyl (C=O) groups excluding carboxylic acids is 1. The second-order valence-electron chi connectivity index (χ2n) is 4.83. The zero-order chi connectivity index (χ0) is 14.8. The Hall–Kier alpha value is -2.18. The van der Waals surface area contributed by atoms with Crippen LogP contribution in [-0.2, 0) is 0 Å². The standard InChI is InChI=1S/C15H15N3O2S/c1-10(19)9-16-14(20)11-4-5-12-13(8-11)21-15(17-12)18-6-2-3-7-18/h2-8,10,19H,9H2,1H3,(H,16,20)/t10-/m1/s1. The number of aromatic nitrogens is 2. The minimum Gasteiger partial charge on any atom is -0.392 e. The van der Waals surface area contributed by atoms with Crippen LogP contribution in [0.3, 0.4) is 0 Å². The van der Waals surface area contributed by atoms with Crippen molar-refractivity contribution in [2.24, 2.45) is 0 Å². The lowest BCUT2D eigenvalue weighted by Gasteiger charge is -2.06. The molecule has 21 heavy (non-hydrogen) atoms. The van der Waals surface area contributed by atoms with Gasteiger partial charge in [0.15, 0.2) is 5.13 Å². The fourth-order valence-electron chi connectivity index (χ4n) is 1.97. The lowest BCUT2D eigenvalue weighted by atomic mass is 10.2. The molecule has 0 saturated heterocycles. The lowest BCUT2D eigenvalue weighted by Crippen LogP contribution is -2.30. The van der Waals surface area contributed by atoms with Crippen LogP contribution in [-0.4, -0.2) is 33.2 Å². The predicted octanol–water partition coefficient (Wildman–Crippen LogP) is 2.20. The third-order valence-electron chi connectivity index (χ3n) is 3.02. The molecular weight excluding hydrogens is 286 g/mol. The van der Waals surface area contributed by atoms with E-state index in [4.69, 9.17) is 0 Å². The number of carbonyl (C=O) groups is 1. The van der Waals surface area contributed by atoms with Gasteiger partial charge in [0.1, 0.15) is 0 Å². The third kappa shape index (κ3) is 2.96. The number of fused-ring (bicyclic) bond motifs is 1. The van der Waals surface area contributed by atoms with Crippen molar-refractivity contribution in [1.29, 1.82) is 0 Å². The maximum atomic E-state index is 12.0. The van der Waals surface area contributed by atoms with Crippen LogP contribution in [0.2, 0.25) is 0 Å². The Balaban J connectivity index is 1.88. The van der Waals surface area contributed by atoms with Crippen molar-refractivity contribution >= 4 is 27.5 Å². The maximum Gasteiger partial charge on any atom is 0.251 e. The molecule has 3 rings (SSSR count). The van der Waals surface area contributed by atoms with Gasteiger partial charge >= 0.3 is 0 Å². The van der Waals surface area contributed by atoms with E-state index in [0.717, 1.165) is 15.3 Å². The summed E-state index contributed by atoms with van der Waals surface area (Å²) in [5.41, 5.74) is 1.45. The van der Waals surface area contributed by atoms with Gasteiger partial charge in [-0.25, -0.2) is 4.98 Å². The summed E-state index contributed by atoms with van der Waals surface area (Å²) >= 11 is 1.53. The molecular formula is C15H15N3O2S. The zero-order valence-corrected chi connectivity index (χ0v) is 12.3. The highest BCUT2D eigenvalue weighted by atomic mass is 32.1. The second kappa shape index (κ2) is 5.67. The molecule has 0 fully saturated rings. The number of amides is 1. The highest BCUT2D eigenvalue weighted by Crippen LogP contribution is 2.25. The number of aliphatic hydroxyl groups is 1. The van der Waals surface area contributed by atoms with Crippen LogP contribution >= 0.6 is 11.3 Å². The summed E-state index contributed by atoms with van der Waals surface area (Å²) in [4.78, 5) is 16.5. The molecule has 0 aliphatic heterocycles. The Kier molecular flexibility index (Phi) is 3.72. The first-order valence-corrected chi connectivity index (χ1v) is 7.45. The predicted molar refractivity (Wildman–Crippen MR) is 83.0 cm³/mol. The number of benzene rings is 1. The van der Waals surface area contributed by atoms with Gasteiger partial charge in [-0.1, -0.05) is 11.3 Å². The van der Waals surface area contributed by atoms with Gasteiger partial charge in [0.2, 0.25) is 0 Å². The van der Waals surface area contributed by atoms with Crippen molar-refractivity contribution in [3.05, 3.63) is 48.3 Å². The van der Waals surface area contributed by atoms with Crippen molar-refractivity contribution < 1.29 is 9.90 Å². The Morgan fingerprint density at radius 3 is 2.90 bits per heavy atom. The first kappa shape index (κ1) is 13.8.